The van der Waals surface area contributed by atoms with Crippen molar-refractivity contribution in [2.45, 2.75) is 19.3 Å². The Morgan fingerprint density at radius 1 is 1.19 bits per heavy atom. The first-order valence-electron chi connectivity index (χ1n) is 6.17. The minimum absolute atomic E-state index is 0.341. The summed E-state index contributed by atoms with van der Waals surface area (Å²) in [6, 6.07) is 10.8. The number of hydrogen-bond donors (Lipinski definition) is 1. The van der Waals surface area contributed by atoms with E-state index in [4.69, 9.17) is 5.73 Å². The highest BCUT2D eigenvalue weighted by molar-refractivity contribution is 5.17. The number of nitrogens with two attached hydrogens (primary N) is 1. The van der Waals surface area contributed by atoms with Gasteiger partial charge in [-0.15, -0.1) is 0 Å². The van der Waals surface area contributed by atoms with Crippen LogP contribution in [0.25, 0.3) is 0 Å². The lowest BCUT2D eigenvalue weighted by molar-refractivity contribution is 0.129. The van der Waals surface area contributed by atoms with E-state index in [1.165, 1.54) is 31.5 Å². The van der Waals surface area contributed by atoms with Crippen LogP contribution in [0.15, 0.2) is 30.3 Å². The van der Waals surface area contributed by atoms with Crippen molar-refractivity contribution in [3.8, 4) is 0 Å². The highest BCUT2D eigenvalue weighted by Crippen LogP contribution is 2.33. The summed E-state index contributed by atoms with van der Waals surface area (Å²) in [6.07, 6.45) is 3.60. The third-order valence-corrected chi connectivity index (χ3v) is 3.90. The first kappa shape index (κ1) is 11.6. The van der Waals surface area contributed by atoms with Crippen LogP contribution in [0.2, 0.25) is 0 Å². The van der Waals surface area contributed by atoms with E-state index in [-0.39, 0.29) is 0 Å². The average Bonchev–Trinajstić information content (AvgIpc) is 2.34. The summed E-state index contributed by atoms with van der Waals surface area (Å²) in [5, 5.41) is 0. The molecule has 1 saturated heterocycles. The summed E-state index contributed by atoms with van der Waals surface area (Å²) in [5.74, 6) is 0. The second-order valence-corrected chi connectivity index (χ2v) is 5.17. The molecule has 1 aliphatic rings. The first-order chi connectivity index (χ1) is 7.74. The van der Waals surface area contributed by atoms with Gasteiger partial charge in [-0.2, -0.15) is 0 Å². The van der Waals surface area contributed by atoms with Gasteiger partial charge in [-0.3, -0.25) is 0 Å². The number of nitrogens with zero attached hydrogens (tertiary/aromatic N) is 1. The zero-order valence-electron chi connectivity index (χ0n) is 10.2. The molecule has 16 heavy (non-hydrogen) atoms. The van der Waals surface area contributed by atoms with Gasteiger partial charge in [0.15, 0.2) is 0 Å². The molecule has 0 aromatic heterocycles. The summed E-state index contributed by atoms with van der Waals surface area (Å²) in [5.41, 5.74) is 7.78. The molecule has 0 unspecified atom stereocenters. The number of piperidine rings is 1. The van der Waals surface area contributed by atoms with Crippen molar-refractivity contribution in [2.24, 2.45) is 11.1 Å². The molecular formula is C14H22N2. The second-order valence-electron chi connectivity index (χ2n) is 5.17. The van der Waals surface area contributed by atoms with Gasteiger partial charge in [0.05, 0.1) is 0 Å². The number of likely N-dealkylation sites (tertiary alicyclic amines) is 1. The van der Waals surface area contributed by atoms with Gasteiger partial charge in [-0.25, -0.2) is 0 Å². The standard InChI is InChI=1S/C14H22N2/c1-16-9-7-14(12-15,8-10-16)11-13-5-3-2-4-6-13/h2-6H,7-12,15H2,1H3. The van der Waals surface area contributed by atoms with Crippen molar-refractivity contribution < 1.29 is 0 Å². The van der Waals surface area contributed by atoms with Crippen LogP contribution in [0.5, 0.6) is 0 Å². The molecule has 0 bridgehead atoms. The predicted molar refractivity (Wildman–Crippen MR) is 68.4 cm³/mol. The average molecular weight is 218 g/mol. The Morgan fingerprint density at radius 2 is 1.81 bits per heavy atom. The topological polar surface area (TPSA) is 29.3 Å². The highest BCUT2D eigenvalue weighted by atomic mass is 15.1. The van der Waals surface area contributed by atoms with E-state index in [0.29, 0.717) is 5.41 Å². The van der Waals surface area contributed by atoms with Crippen LogP contribution in [0.4, 0.5) is 0 Å². The molecule has 2 rings (SSSR count). The molecule has 0 amide bonds. The van der Waals surface area contributed by atoms with Crippen molar-refractivity contribution in [3.05, 3.63) is 35.9 Å². The van der Waals surface area contributed by atoms with Crippen LogP contribution in [0.3, 0.4) is 0 Å². The Hall–Kier alpha value is -0.860. The van der Waals surface area contributed by atoms with E-state index in [1.807, 2.05) is 0 Å². The minimum Gasteiger partial charge on any atom is -0.330 e. The van der Waals surface area contributed by atoms with Crippen LogP contribution in [0.1, 0.15) is 18.4 Å². The maximum absolute atomic E-state index is 6.01. The molecular weight excluding hydrogens is 196 g/mol. The first-order valence-corrected chi connectivity index (χ1v) is 6.17. The molecule has 2 nitrogen and oxygen atoms in total. The quantitative estimate of drug-likeness (QED) is 0.839. The lowest BCUT2D eigenvalue weighted by Gasteiger charge is -2.40. The zero-order chi connectivity index (χ0) is 11.4. The molecule has 2 N–H and O–H groups in total. The van der Waals surface area contributed by atoms with Gasteiger partial charge in [0.1, 0.15) is 0 Å². The summed E-state index contributed by atoms with van der Waals surface area (Å²) < 4.78 is 0. The Kier molecular flexibility index (Phi) is 3.62. The van der Waals surface area contributed by atoms with Crippen molar-refractivity contribution in [1.82, 2.24) is 4.90 Å². The smallest absolute Gasteiger partial charge is 0.00159 e. The maximum Gasteiger partial charge on any atom is -0.00159 e. The van der Waals surface area contributed by atoms with Crippen LogP contribution < -0.4 is 5.73 Å². The van der Waals surface area contributed by atoms with Crippen molar-refractivity contribution in [1.29, 1.82) is 0 Å². The van der Waals surface area contributed by atoms with E-state index in [0.717, 1.165) is 13.0 Å². The number of hydrogen-bond acceptors (Lipinski definition) is 2. The Bertz CT molecular complexity index is 313. The van der Waals surface area contributed by atoms with E-state index < -0.39 is 0 Å². The molecule has 0 atom stereocenters. The van der Waals surface area contributed by atoms with Gasteiger partial charge < -0.3 is 10.6 Å². The number of benzene rings is 1. The van der Waals surface area contributed by atoms with Crippen molar-refractivity contribution >= 4 is 0 Å². The molecule has 2 heteroatoms. The SMILES string of the molecule is CN1CCC(CN)(Cc2ccccc2)CC1. The maximum atomic E-state index is 6.01. The second kappa shape index (κ2) is 4.98. The fourth-order valence-corrected chi connectivity index (χ4v) is 2.57. The van der Waals surface area contributed by atoms with E-state index >= 15 is 0 Å². The molecule has 1 aromatic carbocycles. The van der Waals surface area contributed by atoms with E-state index in [1.54, 1.807) is 0 Å². The Balaban J connectivity index is 2.05. The number of rotatable bonds is 3. The molecule has 0 spiro atoms. The van der Waals surface area contributed by atoms with Gasteiger partial charge in [0.25, 0.3) is 0 Å². The molecule has 1 fully saturated rings. The highest BCUT2D eigenvalue weighted by Gasteiger charge is 2.32. The summed E-state index contributed by atoms with van der Waals surface area (Å²) in [6.45, 7) is 3.18. The Morgan fingerprint density at radius 3 is 2.38 bits per heavy atom. The van der Waals surface area contributed by atoms with Crippen LogP contribution >= 0.6 is 0 Å². The largest absolute Gasteiger partial charge is 0.330 e. The minimum atomic E-state index is 0.341. The van der Waals surface area contributed by atoms with Gasteiger partial charge in [0.2, 0.25) is 0 Å². The fraction of sp³-hybridized carbons (Fsp3) is 0.571. The van der Waals surface area contributed by atoms with Crippen LogP contribution in [-0.4, -0.2) is 31.6 Å². The lowest BCUT2D eigenvalue weighted by Crippen LogP contribution is -2.43. The van der Waals surface area contributed by atoms with Gasteiger partial charge in [-0.05, 0) is 56.9 Å². The molecule has 0 saturated carbocycles. The molecule has 1 aromatic rings. The predicted octanol–water partition coefficient (Wildman–Crippen LogP) is 1.90. The molecule has 1 heterocycles. The summed E-state index contributed by atoms with van der Waals surface area (Å²) in [4.78, 5) is 2.40. The van der Waals surface area contributed by atoms with Gasteiger partial charge in [0, 0.05) is 0 Å². The molecule has 0 radical (unpaired) electrons. The third-order valence-electron chi connectivity index (χ3n) is 3.90. The normalized spacial score (nSPS) is 20.9. The van der Waals surface area contributed by atoms with E-state index in [9.17, 15) is 0 Å². The van der Waals surface area contributed by atoms with Gasteiger partial charge in [-0.1, -0.05) is 30.3 Å². The van der Waals surface area contributed by atoms with Gasteiger partial charge >= 0.3 is 0 Å². The van der Waals surface area contributed by atoms with Crippen LogP contribution in [0, 0.1) is 5.41 Å². The fourth-order valence-electron chi connectivity index (χ4n) is 2.57. The van der Waals surface area contributed by atoms with Crippen molar-refractivity contribution in [3.63, 3.8) is 0 Å². The van der Waals surface area contributed by atoms with Crippen molar-refractivity contribution in [2.75, 3.05) is 26.7 Å². The lowest BCUT2D eigenvalue weighted by atomic mass is 9.74. The van der Waals surface area contributed by atoms with E-state index in [2.05, 4.69) is 42.3 Å². The monoisotopic (exact) mass is 218 g/mol. The summed E-state index contributed by atoms with van der Waals surface area (Å²) >= 11 is 0. The molecule has 0 aliphatic carbocycles. The molecule has 1 aliphatic heterocycles. The Labute approximate surface area is 98.4 Å². The zero-order valence-corrected chi connectivity index (χ0v) is 10.2. The molecule has 88 valence electrons. The summed E-state index contributed by atoms with van der Waals surface area (Å²) in [7, 11) is 2.20. The third kappa shape index (κ3) is 2.63. The van der Waals surface area contributed by atoms with Crippen LogP contribution in [-0.2, 0) is 6.42 Å².